The van der Waals surface area contributed by atoms with E-state index in [9.17, 15) is 23.3 Å². The minimum absolute atomic E-state index is 0.0259. The van der Waals surface area contributed by atoms with E-state index in [0.717, 1.165) is 12.1 Å². The monoisotopic (exact) mass is 368 g/mol. The summed E-state index contributed by atoms with van der Waals surface area (Å²) in [6.07, 6.45) is 0. The number of nitrogens with zero attached hydrogens (tertiary/aromatic N) is 1. The molecule has 2 rings (SSSR count). The van der Waals surface area contributed by atoms with Crippen LogP contribution in [0.25, 0.3) is 0 Å². The van der Waals surface area contributed by atoms with Crippen molar-refractivity contribution in [2.24, 2.45) is 0 Å². The Kier molecular flexibility index (Phi) is 4.91. The quantitative estimate of drug-likeness (QED) is 0.493. The van der Waals surface area contributed by atoms with Gasteiger partial charge in [0.25, 0.3) is 15.7 Å². The van der Waals surface area contributed by atoms with E-state index in [-0.39, 0.29) is 32.6 Å². The molecule has 0 amide bonds. The van der Waals surface area contributed by atoms with Gasteiger partial charge >= 0.3 is 0 Å². The van der Waals surface area contributed by atoms with Gasteiger partial charge in [-0.15, -0.1) is 0 Å². The van der Waals surface area contributed by atoms with Crippen molar-refractivity contribution in [3.05, 3.63) is 62.7 Å². The Morgan fingerprint density at radius 3 is 2.50 bits per heavy atom. The number of nitrogens with one attached hydrogen (secondary N) is 1. The summed E-state index contributed by atoms with van der Waals surface area (Å²) >= 11 is 5.90. The van der Waals surface area contributed by atoms with Gasteiger partial charge in [-0.1, -0.05) is 23.7 Å². The molecule has 0 aliphatic rings. The van der Waals surface area contributed by atoms with Crippen LogP contribution in [0.1, 0.15) is 22.8 Å². The van der Waals surface area contributed by atoms with Crippen molar-refractivity contribution < 1.29 is 18.1 Å². The minimum atomic E-state index is -4.10. The van der Waals surface area contributed by atoms with Crippen LogP contribution in [0.5, 0.6) is 0 Å². The van der Waals surface area contributed by atoms with Crippen LogP contribution < -0.4 is 4.72 Å². The third kappa shape index (κ3) is 3.72. The molecule has 0 aliphatic carbocycles. The van der Waals surface area contributed by atoms with Gasteiger partial charge in [0.2, 0.25) is 0 Å². The van der Waals surface area contributed by atoms with E-state index in [1.807, 2.05) is 0 Å². The summed E-state index contributed by atoms with van der Waals surface area (Å²) in [4.78, 5) is 21.4. The number of nitro groups is 1. The summed E-state index contributed by atoms with van der Waals surface area (Å²) in [5.41, 5.74) is 0.296. The number of Topliss-reactive ketones (excluding diaryl/α,β-unsaturated/α-hetero) is 1. The van der Waals surface area contributed by atoms with Gasteiger partial charge in [-0.25, -0.2) is 8.42 Å². The molecule has 0 heterocycles. The number of sulfonamides is 1. The summed E-state index contributed by atoms with van der Waals surface area (Å²) < 4.78 is 27.2. The lowest BCUT2D eigenvalue weighted by atomic mass is 10.1. The molecule has 0 saturated heterocycles. The number of nitro benzene ring substituents is 1. The Labute approximate surface area is 143 Å². The van der Waals surface area contributed by atoms with E-state index in [1.54, 1.807) is 6.07 Å². The van der Waals surface area contributed by atoms with Crippen LogP contribution in [0.4, 0.5) is 11.4 Å². The summed E-state index contributed by atoms with van der Waals surface area (Å²) in [6.45, 7) is 2.79. The zero-order valence-corrected chi connectivity index (χ0v) is 14.3. The Morgan fingerprint density at radius 1 is 1.25 bits per heavy atom. The van der Waals surface area contributed by atoms with Crippen molar-refractivity contribution in [2.45, 2.75) is 18.7 Å². The molecule has 1 N–H and O–H groups in total. The van der Waals surface area contributed by atoms with Gasteiger partial charge in [0.1, 0.15) is 0 Å². The van der Waals surface area contributed by atoms with Crippen molar-refractivity contribution in [3.63, 3.8) is 0 Å². The van der Waals surface area contributed by atoms with E-state index in [2.05, 4.69) is 4.72 Å². The fourth-order valence-corrected chi connectivity index (χ4v) is 3.37. The first-order chi connectivity index (χ1) is 11.1. The first-order valence-corrected chi connectivity index (χ1v) is 8.56. The molecule has 0 radical (unpaired) electrons. The van der Waals surface area contributed by atoms with Crippen molar-refractivity contribution in [3.8, 4) is 0 Å². The van der Waals surface area contributed by atoms with Crippen LogP contribution >= 0.6 is 11.6 Å². The molecule has 0 fully saturated rings. The predicted octanol–water partition coefficient (Wildman–Crippen LogP) is 3.56. The van der Waals surface area contributed by atoms with Gasteiger partial charge in [0.15, 0.2) is 5.78 Å². The molecular formula is C15H13ClN2O5S. The number of carbonyl (C=O) groups excluding carboxylic acids is 1. The van der Waals surface area contributed by atoms with E-state index >= 15 is 0 Å². The third-order valence-electron chi connectivity index (χ3n) is 3.32. The largest absolute Gasteiger partial charge is 0.295 e. The van der Waals surface area contributed by atoms with Gasteiger partial charge in [-0.3, -0.25) is 19.6 Å². The highest BCUT2D eigenvalue weighted by Crippen LogP contribution is 2.30. The van der Waals surface area contributed by atoms with E-state index in [0.29, 0.717) is 5.56 Å². The Bertz CT molecular complexity index is 941. The second kappa shape index (κ2) is 6.58. The maximum Gasteiger partial charge on any atom is 0.275 e. The number of carbonyl (C=O) groups is 1. The van der Waals surface area contributed by atoms with E-state index in [4.69, 9.17) is 11.6 Å². The predicted molar refractivity (Wildman–Crippen MR) is 90.1 cm³/mol. The average Bonchev–Trinajstić information content (AvgIpc) is 2.49. The van der Waals surface area contributed by atoms with Crippen LogP contribution in [-0.2, 0) is 10.0 Å². The van der Waals surface area contributed by atoms with Gasteiger partial charge in [-0.2, -0.15) is 0 Å². The van der Waals surface area contributed by atoms with Gasteiger partial charge in [0.05, 0.1) is 14.8 Å². The summed E-state index contributed by atoms with van der Waals surface area (Å²) in [7, 11) is -4.10. The van der Waals surface area contributed by atoms with Crippen LogP contribution in [0.2, 0.25) is 5.02 Å². The van der Waals surface area contributed by atoms with Crippen molar-refractivity contribution in [2.75, 3.05) is 4.72 Å². The minimum Gasteiger partial charge on any atom is -0.295 e. The smallest absolute Gasteiger partial charge is 0.275 e. The summed E-state index contributed by atoms with van der Waals surface area (Å²) in [5, 5.41) is 11.0. The number of rotatable bonds is 5. The molecule has 9 heteroatoms. The number of hydrogen-bond donors (Lipinski definition) is 1. The molecule has 0 aromatic heterocycles. The Morgan fingerprint density at radius 2 is 1.92 bits per heavy atom. The molecule has 2 aromatic carbocycles. The molecule has 126 valence electrons. The molecule has 7 nitrogen and oxygen atoms in total. The lowest BCUT2D eigenvalue weighted by Gasteiger charge is -2.10. The number of benzene rings is 2. The molecule has 0 atom stereocenters. The Hall–Kier alpha value is -2.45. The topological polar surface area (TPSA) is 106 Å². The molecule has 0 spiro atoms. The number of anilines is 1. The van der Waals surface area contributed by atoms with E-state index < -0.39 is 14.9 Å². The maximum atomic E-state index is 12.4. The van der Waals surface area contributed by atoms with E-state index in [1.165, 1.54) is 32.0 Å². The first kappa shape index (κ1) is 17.9. The SMILES string of the molecule is CC(=O)c1cccc(NS(=O)(=O)c2cc(Cl)c(C)c([N+](=O)[O-])c2)c1. The van der Waals surface area contributed by atoms with Crippen molar-refractivity contribution in [1.29, 1.82) is 0 Å². The van der Waals surface area contributed by atoms with Crippen molar-refractivity contribution in [1.82, 2.24) is 0 Å². The van der Waals surface area contributed by atoms with Crippen LogP contribution in [0, 0.1) is 17.0 Å². The second-order valence-corrected chi connectivity index (χ2v) is 7.14. The standard InChI is InChI=1S/C15H13ClN2O5S/c1-9-14(16)7-13(8-15(9)18(20)21)24(22,23)17-12-5-3-4-11(6-12)10(2)19/h3-8,17H,1-2H3. The first-order valence-electron chi connectivity index (χ1n) is 6.70. The fraction of sp³-hybridized carbons (Fsp3) is 0.133. The number of hydrogen-bond acceptors (Lipinski definition) is 5. The zero-order valence-electron chi connectivity index (χ0n) is 12.7. The highest BCUT2D eigenvalue weighted by Gasteiger charge is 2.22. The molecule has 24 heavy (non-hydrogen) atoms. The lowest BCUT2D eigenvalue weighted by molar-refractivity contribution is -0.385. The molecule has 2 aromatic rings. The normalized spacial score (nSPS) is 11.1. The molecule has 0 unspecified atom stereocenters. The van der Waals surface area contributed by atoms with Gasteiger partial charge in [-0.05, 0) is 32.0 Å². The lowest BCUT2D eigenvalue weighted by Crippen LogP contribution is -2.14. The summed E-state index contributed by atoms with van der Waals surface area (Å²) in [6, 6.07) is 8.00. The van der Waals surface area contributed by atoms with Crippen LogP contribution in [0.15, 0.2) is 41.3 Å². The molecule has 0 bridgehead atoms. The number of ketones is 1. The maximum absolute atomic E-state index is 12.4. The van der Waals surface area contributed by atoms with Crippen molar-refractivity contribution >= 4 is 38.8 Å². The number of halogens is 1. The molecule has 0 saturated carbocycles. The molecule has 0 aliphatic heterocycles. The van der Waals surface area contributed by atoms with Crippen LogP contribution in [0.3, 0.4) is 0 Å². The highest BCUT2D eigenvalue weighted by molar-refractivity contribution is 7.92. The second-order valence-electron chi connectivity index (χ2n) is 5.05. The van der Waals surface area contributed by atoms with Gasteiger partial charge < -0.3 is 0 Å². The van der Waals surface area contributed by atoms with Crippen LogP contribution in [-0.4, -0.2) is 19.1 Å². The fourth-order valence-electron chi connectivity index (χ4n) is 2.00. The average molecular weight is 369 g/mol. The van der Waals surface area contributed by atoms with Gasteiger partial charge in [0, 0.05) is 22.9 Å². The zero-order chi connectivity index (χ0) is 18.1. The molecular weight excluding hydrogens is 356 g/mol. The highest BCUT2D eigenvalue weighted by atomic mass is 35.5. The third-order valence-corrected chi connectivity index (χ3v) is 5.07. The Balaban J connectivity index is 2.46. The summed E-state index contributed by atoms with van der Waals surface area (Å²) in [5.74, 6) is -0.218.